The van der Waals surface area contributed by atoms with Crippen molar-refractivity contribution in [2.45, 2.75) is 25.8 Å². The largest absolute Gasteiger partial charge is 0.491 e. The van der Waals surface area contributed by atoms with E-state index in [1.54, 1.807) is 24.1 Å². The monoisotopic (exact) mass is 439 g/mol. The Morgan fingerprint density at radius 3 is 3.03 bits per heavy atom. The minimum Gasteiger partial charge on any atom is -0.491 e. The molecule has 1 unspecified atom stereocenters. The summed E-state index contributed by atoms with van der Waals surface area (Å²) in [6, 6.07) is 3.28. The zero-order valence-electron chi connectivity index (χ0n) is 18.3. The van der Waals surface area contributed by atoms with Gasteiger partial charge in [0.2, 0.25) is 5.91 Å². The van der Waals surface area contributed by atoms with Crippen molar-refractivity contribution in [3.8, 4) is 5.75 Å². The highest BCUT2D eigenvalue weighted by molar-refractivity contribution is 5.92. The average Bonchev–Trinajstić information content (AvgIpc) is 3.65. The van der Waals surface area contributed by atoms with Gasteiger partial charge in [-0.05, 0) is 31.7 Å². The number of piperazine rings is 1. The predicted molar refractivity (Wildman–Crippen MR) is 120 cm³/mol. The van der Waals surface area contributed by atoms with Crippen LogP contribution in [0.3, 0.4) is 0 Å². The van der Waals surface area contributed by atoms with Crippen molar-refractivity contribution in [2.24, 2.45) is 5.92 Å². The number of aromatic nitrogens is 2. The molecule has 1 aliphatic heterocycles. The fourth-order valence-electron chi connectivity index (χ4n) is 3.60. The van der Waals surface area contributed by atoms with Gasteiger partial charge in [-0.15, -0.1) is 0 Å². The van der Waals surface area contributed by atoms with Gasteiger partial charge >= 0.3 is 5.97 Å². The Hall–Kier alpha value is -3.20. The van der Waals surface area contributed by atoms with Gasteiger partial charge in [-0.3, -0.25) is 4.79 Å². The number of esters is 1. The lowest BCUT2D eigenvalue weighted by Gasteiger charge is -2.33. The number of fused-ring (bicyclic) bond motifs is 1. The van der Waals surface area contributed by atoms with Gasteiger partial charge in [0, 0.05) is 49.9 Å². The summed E-state index contributed by atoms with van der Waals surface area (Å²) < 4.78 is 11.1. The standard InChI is InChI=1S/C23H29N5O4/c1-2-31-23(30)20-13-24-8-9-28(20)22(29)4-3-7-26-19-10-17-12-25-15-27-18(17)11-21(19)32-14-16-5-6-16/h3-4,10-12,15-16,20,24,26H,2,5-9,13-14H2,1H3. The first-order chi connectivity index (χ1) is 15.7. The van der Waals surface area contributed by atoms with Gasteiger partial charge in [-0.2, -0.15) is 0 Å². The molecule has 170 valence electrons. The molecular weight excluding hydrogens is 410 g/mol. The molecule has 9 nitrogen and oxygen atoms in total. The van der Waals surface area contributed by atoms with Crippen LogP contribution in [-0.2, 0) is 14.3 Å². The van der Waals surface area contributed by atoms with E-state index < -0.39 is 6.04 Å². The van der Waals surface area contributed by atoms with Crippen LogP contribution < -0.4 is 15.4 Å². The van der Waals surface area contributed by atoms with Gasteiger partial charge < -0.3 is 25.0 Å². The van der Waals surface area contributed by atoms with Crippen LogP contribution in [0.15, 0.2) is 36.8 Å². The number of carbonyl (C=O) groups excluding carboxylic acids is 2. The van der Waals surface area contributed by atoms with Crippen LogP contribution in [0, 0.1) is 5.92 Å². The number of hydrogen-bond acceptors (Lipinski definition) is 8. The number of rotatable bonds is 9. The number of hydrogen-bond donors (Lipinski definition) is 2. The number of ether oxygens (including phenoxy) is 2. The Kier molecular flexibility index (Phi) is 7.16. The van der Waals surface area contributed by atoms with E-state index in [0.29, 0.717) is 45.3 Å². The van der Waals surface area contributed by atoms with Gasteiger partial charge in [0.15, 0.2) is 0 Å². The summed E-state index contributed by atoms with van der Waals surface area (Å²) in [5, 5.41) is 7.37. The maximum atomic E-state index is 12.7. The highest BCUT2D eigenvalue weighted by Crippen LogP contribution is 2.33. The minimum atomic E-state index is -0.600. The molecule has 1 saturated carbocycles. The molecule has 4 rings (SSSR count). The van der Waals surface area contributed by atoms with E-state index in [0.717, 1.165) is 22.3 Å². The summed E-state index contributed by atoms with van der Waals surface area (Å²) in [4.78, 5) is 34.8. The molecule has 1 saturated heterocycles. The molecule has 0 radical (unpaired) electrons. The first kappa shape index (κ1) is 22.0. The third-order valence-electron chi connectivity index (χ3n) is 5.53. The molecule has 2 aromatic rings. The Morgan fingerprint density at radius 2 is 2.22 bits per heavy atom. The molecule has 1 aromatic heterocycles. The average molecular weight is 440 g/mol. The molecule has 2 fully saturated rings. The van der Waals surface area contributed by atoms with E-state index in [9.17, 15) is 9.59 Å². The summed E-state index contributed by atoms with van der Waals surface area (Å²) in [6.07, 6.45) is 8.96. The molecule has 9 heteroatoms. The molecule has 1 aliphatic carbocycles. The number of nitrogens with zero attached hydrogens (tertiary/aromatic N) is 3. The number of anilines is 1. The van der Waals surface area contributed by atoms with Crippen LogP contribution in [0.25, 0.3) is 10.9 Å². The first-order valence-corrected chi connectivity index (χ1v) is 11.1. The van der Waals surface area contributed by atoms with Crippen LogP contribution in [0.5, 0.6) is 5.75 Å². The molecule has 2 N–H and O–H groups in total. The van der Waals surface area contributed by atoms with Crippen molar-refractivity contribution in [3.05, 3.63) is 36.8 Å². The Morgan fingerprint density at radius 1 is 1.34 bits per heavy atom. The van der Waals surface area contributed by atoms with E-state index in [1.807, 2.05) is 12.1 Å². The van der Waals surface area contributed by atoms with Crippen LogP contribution in [-0.4, -0.2) is 72.2 Å². The van der Waals surface area contributed by atoms with Crippen LogP contribution >= 0.6 is 0 Å². The van der Waals surface area contributed by atoms with Gasteiger partial charge in [0.25, 0.3) is 0 Å². The molecular formula is C23H29N5O4. The highest BCUT2D eigenvalue weighted by atomic mass is 16.5. The second-order valence-electron chi connectivity index (χ2n) is 7.97. The van der Waals surface area contributed by atoms with Crippen LogP contribution in [0.1, 0.15) is 19.8 Å². The van der Waals surface area contributed by atoms with Crippen LogP contribution in [0.4, 0.5) is 5.69 Å². The summed E-state index contributed by atoms with van der Waals surface area (Å²) in [6.45, 7) is 4.68. The molecule has 1 amide bonds. The molecule has 0 bridgehead atoms. The molecule has 32 heavy (non-hydrogen) atoms. The van der Waals surface area contributed by atoms with Crippen molar-refractivity contribution in [1.82, 2.24) is 20.2 Å². The van der Waals surface area contributed by atoms with Gasteiger partial charge in [0.05, 0.1) is 24.4 Å². The van der Waals surface area contributed by atoms with E-state index in [1.165, 1.54) is 25.2 Å². The third-order valence-corrected chi connectivity index (χ3v) is 5.53. The molecule has 1 aromatic carbocycles. The fraction of sp³-hybridized carbons (Fsp3) is 0.478. The quantitative estimate of drug-likeness (QED) is 0.450. The smallest absolute Gasteiger partial charge is 0.330 e. The zero-order chi connectivity index (χ0) is 22.3. The summed E-state index contributed by atoms with van der Waals surface area (Å²) in [5.74, 6) is 0.791. The Balaban J connectivity index is 1.39. The Labute approximate surface area is 187 Å². The van der Waals surface area contributed by atoms with E-state index >= 15 is 0 Å². The van der Waals surface area contributed by atoms with Crippen LogP contribution in [0.2, 0.25) is 0 Å². The summed E-state index contributed by atoms with van der Waals surface area (Å²) in [7, 11) is 0. The lowest BCUT2D eigenvalue weighted by atomic mass is 10.2. The first-order valence-electron chi connectivity index (χ1n) is 11.1. The van der Waals surface area contributed by atoms with Crippen molar-refractivity contribution in [1.29, 1.82) is 0 Å². The topological polar surface area (TPSA) is 106 Å². The second-order valence-corrected chi connectivity index (χ2v) is 7.97. The fourth-order valence-corrected chi connectivity index (χ4v) is 3.60. The Bertz CT molecular complexity index is 992. The number of nitrogens with one attached hydrogen (secondary N) is 2. The maximum absolute atomic E-state index is 12.7. The minimum absolute atomic E-state index is 0.205. The number of carbonyl (C=O) groups is 2. The summed E-state index contributed by atoms with van der Waals surface area (Å²) >= 11 is 0. The highest BCUT2D eigenvalue weighted by Gasteiger charge is 2.32. The molecule has 2 aliphatic rings. The maximum Gasteiger partial charge on any atom is 0.330 e. The number of benzene rings is 1. The van der Waals surface area contributed by atoms with Gasteiger partial charge in [-0.1, -0.05) is 6.08 Å². The predicted octanol–water partition coefficient (Wildman–Crippen LogP) is 1.75. The molecule has 2 heterocycles. The van der Waals surface area contributed by atoms with E-state index in [2.05, 4.69) is 20.6 Å². The third kappa shape index (κ3) is 5.53. The molecule has 1 atom stereocenters. The van der Waals surface area contributed by atoms with Crippen molar-refractivity contribution >= 4 is 28.5 Å². The van der Waals surface area contributed by atoms with E-state index in [-0.39, 0.29) is 11.9 Å². The zero-order valence-corrected chi connectivity index (χ0v) is 18.3. The van der Waals surface area contributed by atoms with Gasteiger partial charge in [-0.25, -0.2) is 14.8 Å². The van der Waals surface area contributed by atoms with E-state index in [4.69, 9.17) is 9.47 Å². The SMILES string of the molecule is CCOC(=O)C1CNCCN1C(=O)C=CCNc1cc2cncnc2cc1OCC1CC1. The van der Waals surface area contributed by atoms with Gasteiger partial charge in [0.1, 0.15) is 18.1 Å². The lowest BCUT2D eigenvalue weighted by Crippen LogP contribution is -2.57. The van der Waals surface area contributed by atoms with Crippen molar-refractivity contribution < 1.29 is 19.1 Å². The molecule has 0 spiro atoms. The normalized spacial score (nSPS) is 18.7. The second kappa shape index (κ2) is 10.4. The van der Waals surface area contributed by atoms with Crippen molar-refractivity contribution in [2.75, 3.05) is 44.7 Å². The number of amides is 1. The lowest BCUT2D eigenvalue weighted by molar-refractivity contribution is -0.154. The summed E-state index contributed by atoms with van der Waals surface area (Å²) in [5.41, 5.74) is 1.66. The van der Waals surface area contributed by atoms with Crippen molar-refractivity contribution in [3.63, 3.8) is 0 Å².